The number of ether oxygens (including phenoxy) is 2. The molecule has 1 unspecified atom stereocenters. The van der Waals surface area contributed by atoms with Crippen LogP contribution in [0.1, 0.15) is 25.3 Å². The first-order chi connectivity index (χ1) is 10.3. The van der Waals surface area contributed by atoms with Crippen LogP contribution >= 0.6 is 11.6 Å². The molecule has 1 aromatic carbocycles. The molecule has 0 radical (unpaired) electrons. The molecule has 0 aliphatic heterocycles. The van der Waals surface area contributed by atoms with E-state index in [0.717, 1.165) is 57.2 Å². The summed E-state index contributed by atoms with van der Waals surface area (Å²) < 4.78 is 10.7. The fraction of sp³-hybridized carbons (Fsp3) is 0.647. The molecule has 0 spiro atoms. The molecular formula is C17H28ClNO2. The number of hydrogen-bond acceptors (Lipinski definition) is 3. The molecule has 0 aliphatic carbocycles. The van der Waals surface area contributed by atoms with E-state index < -0.39 is 0 Å². The van der Waals surface area contributed by atoms with Gasteiger partial charge in [0.1, 0.15) is 0 Å². The van der Waals surface area contributed by atoms with Gasteiger partial charge in [-0.2, -0.15) is 0 Å². The summed E-state index contributed by atoms with van der Waals surface area (Å²) in [7, 11) is 1.72. The maximum atomic E-state index is 6.26. The van der Waals surface area contributed by atoms with E-state index >= 15 is 0 Å². The minimum Gasteiger partial charge on any atom is -0.383 e. The standard InChI is InChI=1S/C17H28ClNO2/c1-3-10-21-11-8-15(14-19-9-12-20-2)13-16-6-4-5-7-17(16)18/h4-7,15,19H,3,8-14H2,1-2H3. The third kappa shape index (κ3) is 8.42. The zero-order chi connectivity index (χ0) is 15.3. The fourth-order valence-electron chi connectivity index (χ4n) is 2.23. The molecule has 0 saturated heterocycles. The second kappa shape index (κ2) is 12.0. The number of halogens is 1. The van der Waals surface area contributed by atoms with Crippen LogP contribution in [0.3, 0.4) is 0 Å². The van der Waals surface area contributed by atoms with Crippen LogP contribution in [0.2, 0.25) is 5.02 Å². The lowest BCUT2D eigenvalue weighted by Gasteiger charge is -2.18. The summed E-state index contributed by atoms with van der Waals surface area (Å²) in [6.07, 6.45) is 3.10. The van der Waals surface area contributed by atoms with Gasteiger partial charge in [-0.05, 0) is 43.4 Å². The Bertz CT molecular complexity index is 362. The molecular weight excluding hydrogens is 286 g/mol. The summed E-state index contributed by atoms with van der Waals surface area (Å²) in [6, 6.07) is 8.09. The maximum Gasteiger partial charge on any atom is 0.0587 e. The van der Waals surface area contributed by atoms with Crippen LogP contribution in [-0.2, 0) is 15.9 Å². The molecule has 0 bridgehead atoms. The average Bonchev–Trinajstić information content (AvgIpc) is 2.50. The second-order valence-electron chi connectivity index (χ2n) is 5.26. The number of rotatable bonds is 12. The predicted octanol–water partition coefficient (Wildman–Crippen LogP) is 3.55. The molecule has 1 N–H and O–H groups in total. The van der Waals surface area contributed by atoms with E-state index in [4.69, 9.17) is 21.1 Å². The lowest BCUT2D eigenvalue weighted by atomic mass is 9.96. The summed E-state index contributed by atoms with van der Waals surface area (Å²) in [5.74, 6) is 0.526. The summed E-state index contributed by atoms with van der Waals surface area (Å²) in [5, 5.41) is 4.30. The molecule has 1 aromatic rings. The van der Waals surface area contributed by atoms with Crippen LogP contribution in [0, 0.1) is 5.92 Å². The van der Waals surface area contributed by atoms with Gasteiger partial charge >= 0.3 is 0 Å². The first kappa shape index (κ1) is 18.4. The van der Waals surface area contributed by atoms with Gasteiger partial charge in [0.05, 0.1) is 6.61 Å². The van der Waals surface area contributed by atoms with Crippen LogP contribution in [-0.4, -0.2) is 40.0 Å². The smallest absolute Gasteiger partial charge is 0.0587 e. The quantitative estimate of drug-likeness (QED) is 0.599. The minimum atomic E-state index is 0.526. The first-order valence-corrected chi connectivity index (χ1v) is 8.16. The molecule has 0 amide bonds. The Labute approximate surface area is 134 Å². The Morgan fingerprint density at radius 2 is 2.00 bits per heavy atom. The van der Waals surface area contributed by atoms with Crippen molar-refractivity contribution < 1.29 is 9.47 Å². The summed E-state index contributed by atoms with van der Waals surface area (Å²) in [5.41, 5.74) is 1.22. The van der Waals surface area contributed by atoms with Crippen molar-refractivity contribution in [3.8, 4) is 0 Å². The highest BCUT2D eigenvalue weighted by molar-refractivity contribution is 6.31. The molecule has 0 heterocycles. The monoisotopic (exact) mass is 313 g/mol. The zero-order valence-electron chi connectivity index (χ0n) is 13.2. The molecule has 1 atom stereocenters. The van der Waals surface area contributed by atoms with Crippen LogP contribution in [0.25, 0.3) is 0 Å². The molecule has 0 saturated carbocycles. The topological polar surface area (TPSA) is 30.5 Å². The SMILES string of the molecule is CCCOCCC(CNCCOC)Cc1ccccc1Cl. The van der Waals surface area contributed by atoms with Crippen LogP contribution in [0.4, 0.5) is 0 Å². The normalized spacial score (nSPS) is 12.5. The summed E-state index contributed by atoms with van der Waals surface area (Å²) in [6.45, 7) is 6.37. The molecule has 4 heteroatoms. The number of methoxy groups -OCH3 is 1. The summed E-state index contributed by atoms with van der Waals surface area (Å²) in [4.78, 5) is 0. The molecule has 0 aromatic heterocycles. The van der Waals surface area contributed by atoms with Gasteiger partial charge in [0.25, 0.3) is 0 Å². The van der Waals surface area contributed by atoms with Crippen molar-refractivity contribution in [3.05, 3.63) is 34.9 Å². The molecule has 3 nitrogen and oxygen atoms in total. The Morgan fingerprint density at radius 1 is 1.19 bits per heavy atom. The van der Waals surface area contributed by atoms with E-state index in [1.165, 1.54) is 5.56 Å². The van der Waals surface area contributed by atoms with Crippen LogP contribution in [0.15, 0.2) is 24.3 Å². The highest BCUT2D eigenvalue weighted by atomic mass is 35.5. The van der Waals surface area contributed by atoms with E-state index in [0.29, 0.717) is 5.92 Å². The third-order valence-electron chi connectivity index (χ3n) is 3.40. The summed E-state index contributed by atoms with van der Waals surface area (Å²) >= 11 is 6.26. The van der Waals surface area contributed by atoms with E-state index in [1.807, 2.05) is 18.2 Å². The van der Waals surface area contributed by atoms with Gasteiger partial charge in [-0.25, -0.2) is 0 Å². The van der Waals surface area contributed by atoms with Crippen LogP contribution in [0.5, 0.6) is 0 Å². The van der Waals surface area contributed by atoms with Crippen molar-refractivity contribution in [2.24, 2.45) is 5.92 Å². The van der Waals surface area contributed by atoms with Crippen LogP contribution < -0.4 is 5.32 Å². The molecule has 0 aliphatic rings. The maximum absolute atomic E-state index is 6.26. The minimum absolute atomic E-state index is 0.526. The largest absolute Gasteiger partial charge is 0.383 e. The molecule has 120 valence electrons. The molecule has 1 rings (SSSR count). The highest BCUT2D eigenvalue weighted by Crippen LogP contribution is 2.20. The van der Waals surface area contributed by atoms with E-state index in [9.17, 15) is 0 Å². The number of nitrogens with one attached hydrogen (secondary N) is 1. The van der Waals surface area contributed by atoms with Gasteiger partial charge in [0.15, 0.2) is 0 Å². The van der Waals surface area contributed by atoms with Gasteiger partial charge in [-0.1, -0.05) is 36.7 Å². The lowest BCUT2D eigenvalue weighted by molar-refractivity contribution is 0.119. The average molecular weight is 314 g/mol. The van der Waals surface area contributed by atoms with Gasteiger partial charge in [0.2, 0.25) is 0 Å². The highest BCUT2D eigenvalue weighted by Gasteiger charge is 2.11. The Morgan fingerprint density at radius 3 is 2.71 bits per heavy atom. The Hall–Kier alpha value is -0.610. The second-order valence-corrected chi connectivity index (χ2v) is 5.67. The fourth-order valence-corrected chi connectivity index (χ4v) is 2.44. The number of benzene rings is 1. The lowest BCUT2D eigenvalue weighted by Crippen LogP contribution is -2.28. The van der Waals surface area contributed by atoms with E-state index in [-0.39, 0.29) is 0 Å². The van der Waals surface area contributed by atoms with Crippen molar-refractivity contribution in [1.29, 1.82) is 0 Å². The molecule has 21 heavy (non-hydrogen) atoms. The van der Waals surface area contributed by atoms with Crippen molar-refractivity contribution in [3.63, 3.8) is 0 Å². The Balaban J connectivity index is 2.44. The Kier molecular flexibility index (Phi) is 10.5. The third-order valence-corrected chi connectivity index (χ3v) is 3.77. The van der Waals surface area contributed by atoms with Gasteiger partial charge in [0, 0.05) is 31.9 Å². The first-order valence-electron chi connectivity index (χ1n) is 7.78. The van der Waals surface area contributed by atoms with Crippen molar-refractivity contribution in [2.75, 3.05) is 40.0 Å². The van der Waals surface area contributed by atoms with Gasteiger partial charge < -0.3 is 14.8 Å². The van der Waals surface area contributed by atoms with E-state index in [2.05, 4.69) is 18.3 Å². The van der Waals surface area contributed by atoms with E-state index in [1.54, 1.807) is 7.11 Å². The van der Waals surface area contributed by atoms with Gasteiger partial charge in [-0.3, -0.25) is 0 Å². The van der Waals surface area contributed by atoms with Gasteiger partial charge in [-0.15, -0.1) is 0 Å². The van der Waals surface area contributed by atoms with Crippen molar-refractivity contribution in [1.82, 2.24) is 5.32 Å². The molecule has 0 fully saturated rings. The zero-order valence-corrected chi connectivity index (χ0v) is 14.0. The number of hydrogen-bond donors (Lipinski definition) is 1. The van der Waals surface area contributed by atoms with Crippen molar-refractivity contribution in [2.45, 2.75) is 26.2 Å². The van der Waals surface area contributed by atoms with Crippen molar-refractivity contribution >= 4 is 11.6 Å². The predicted molar refractivity (Wildman–Crippen MR) is 89.1 cm³/mol.